The third-order valence-corrected chi connectivity index (χ3v) is 2.31. The fourth-order valence-electron chi connectivity index (χ4n) is 0.647. The Kier molecular flexibility index (Phi) is 3.59. The number of halogens is 3. The van der Waals surface area contributed by atoms with Gasteiger partial charge in [-0.1, -0.05) is 23.5 Å². The van der Waals surface area contributed by atoms with Gasteiger partial charge in [0.25, 0.3) is 0 Å². The second kappa shape index (κ2) is 4.35. The van der Waals surface area contributed by atoms with Crippen LogP contribution in [0, 0.1) is 0 Å². The van der Waals surface area contributed by atoms with E-state index in [0.29, 0.717) is 0 Å². The SMILES string of the molecule is CSc1nc(SC)nc(C(F)(F)F)n1. The Morgan fingerprint density at radius 3 is 1.64 bits per heavy atom. The van der Waals surface area contributed by atoms with Crippen molar-refractivity contribution < 1.29 is 13.2 Å². The normalized spacial score (nSPS) is 11.8. The molecule has 8 heteroatoms. The van der Waals surface area contributed by atoms with E-state index in [4.69, 9.17) is 0 Å². The summed E-state index contributed by atoms with van der Waals surface area (Å²) in [6.07, 6.45) is -1.29. The van der Waals surface area contributed by atoms with Crippen molar-refractivity contribution in [2.75, 3.05) is 12.5 Å². The molecule has 0 saturated carbocycles. The van der Waals surface area contributed by atoms with Crippen LogP contribution in [0.15, 0.2) is 10.3 Å². The van der Waals surface area contributed by atoms with Crippen LogP contribution in [0.5, 0.6) is 0 Å². The predicted molar refractivity (Wildman–Crippen MR) is 48.4 cm³/mol. The largest absolute Gasteiger partial charge is 0.451 e. The number of hydrogen-bond donors (Lipinski definition) is 0. The van der Waals surface area contributed by atoms with Crippen molar-refractivity contribution in [3.8, 4) is 0 Å². The predicted octanol–water partition coefficient (Wildman–Crippen LogP) is 2.33. The molecule has 1 rings (SSSR count). The molecule has 0 aliphatic rings. The van der Waals surface area contributed by atoms with Gasteiger partial charge in [-0.25, -0.2) is 0 Å². The highest BCUT2D eigenvalue weighted by Gasteiger charge is 2.35. The minimum atomic E-state index is -4.52. The van der Waals surface area contributed by atoms with Crippen molar-refractivity contribution >= 4 is 23.5 Å². The second-order valence-corrected chi connectivity index (χ2v) is 3.68. The number of nitrogens with zero attached hydrogens (tertiary/aromatic N) is 3. The first-order valence-corrected chi connectivity index (χ1v) is 5.83. The van der Waals surface area contributed by atoms with Crippen LogP contribution in [0.4, 0.5) is 13.2 Å². The maximum absolute atomic E-state index is 12.2. The van der Waals surface area contributed by atoms with E-state index in [2.05, 4.69) is 15.0 Å². The van der Waals surface area contributed by atoms with Crippen molar-refractivity contribution in [2.45, 2.75) is 16.5 Å². The van der Waals surface area contributed by atoms with Crippen molar-refractivity contribution in [1.82, 2.24) is 15.0 Å². The molecular weight excluding hydrogens is 235 g/mol. The molecule has 0 amide bonds. The molecule has 0 aliphatic heterocycles. The van der Waals surface area contributed by atoms with Crippen LogP contribution < -0.4 is 0 Å². The van der Waals surface area contributed by atoms with Gasteiger partial charge in [-0.05, 0) is 12.5 Å². The van der Waals surface area contributed by atoms with Gasteiger partial charge < -0.3 is 0 Å². The zero-order valence-corrected chi connectivity index (χ0v) is 8.93. The molecule has 0 unspecified atom stereocenters. The van der Waals surface area contributed by atoms with Crippen LogP contribution in [-0.2, 0) is 6.18 Å². The molecule has 0 radical (unpaired) electrons. The summed E-state index contributed by atoms with van der Waals surface area (Å²) in [6, 6.07) is 0. The van der Waals surface area contributed by atoms with Gasteiger partial charge in [0.2, 0.25) is 5.82 Å². The molecule has 0 saturated heterocycles. The quantitative estimate of drug-likeness (QED) is 0.743. The zero-order chi connectivity index (χ0) is 10.8. The molecule has 0 aromatic carbocycles. The van der Waals surface area contributed by atoms with Gasteiger partial charge in [-0.3, -0.25) is 0 Å². The summed E-state index contributed by atoms with van der Waals surface area (Å²) in [5.41, 5.74) is 0. The number of thioether (sulfide) groups is 2. The topological polar surface area (TPSA) is 38.7 Å². The van der Waals surface area contributed by atoms with Crippen molar-refractivity contribution in [1.29, 1.82) is 0 Å². The first-order valence-electron chi connectivity index (χ1n) is 3.38. The number of alkyl halides is 3. The first kappa shape index (κ1) is 11.6. The van der Waals surface area contributed by atoms with Crippen LogP contribution in [0.2, 0.25) is 0 Å². The molecule has 0 spiro atoms. The van der Waals surface area contributed by atoms with Crippen LogP contribution in [0.25, 0.3) is 0 Å². The van der Waals surface area contributed by atoms with Crippen molar-refractivity contribution in [3.05, 3.63) is 5.82 Å². The highest BCUT2D eigenvalue weighted by Crippen LogP contribution is 2.28. The lowest BCUT2D eigenvalue weighted by molar-refractivity contribution is -0.146. The molecule has 78 valence electrons. The van der Waals surface area contributed by atoms with Crippen molar-refractivity contribution in [2.24, 2.45) is 0 Å². The maximum Gasteiger partial charge on any atom is 0.451 e. The Balaban J connectivity index is 3.17. The highest BCUT2D eigenvalue weighted by molar-refractivity contribution is 7.99. The highest BCUT2D eigenvalue weighted by atomic mass is 32.2. The standard InChI is InChI=1S/C6H6F3N3S2/c1-13-4-10-3(6(7,8)9)11-5(12-4)14-2/h1-2H3. The number of rotatable bonds is 2. The van der Waals surface area contributed by atoms with E-state index in [1.54, 1.807) is 12.5 Å². The van der Waals surface area contributed by atoms with Gasteiger partial charge in [0, 0.05) is 0 Å². The van der Waals surface area contributed by atoms with E-state index in [-0.39, 0.29) is 10.3 Å². The molecule has 0 atom stereocenters. The molecule has 0 aliphatic carbocycles. The molecule has 1 aromatic rings. The van der Waals surface area contributed by atoms with Gasteiger partial charge in [0.1, 0.15) is 0 Å². The third kappa shape index (κ3) is 2.74. The first-order chi connectivity index (χ1) is 6.47. The minimum absolute atomic E-state index is 0.0803. The maximum atomic E-state index is 12.2. The molecule has 0 bridgehead atoms. The van der Waals surface area contributed by atoms with E-state index in [1.807, 2.05) is 0 Å². The Labute approximate surface area is 86.9 Å². The molecule has 3 nitrogen and oxygen atoms in total. The number of hydrogen-bond acceptors (Lipinski definition) is 5. The lowest BCUT2D eigenvalue weighted by atomic mass is 10.6. The Bertz CT molecular complexity index is 306. The van der Waals surface area contributed by atoms with Gasteiger partial charge >= 0.3 is 6.18 Å². The summed E-state index contributed by atoms with van der Waals surface area (Å²) in [7, 11) is 0. The zero-order valence-electron chi connectivity index (χ0n) is 7.29. The average molecular weight is 241 g/mol. The van der Waals surface area contributed by atoms with Crippen LogP contribution in [0.1, 0.15) is 5.82 Å². The summed E-state index contributed by atoms with van der Waals surface area (Å²) in [4.78, 5) is 10.3. The smallest absolute Gasteiger partial charge is 0.198 e. The molecule has 0 N–H and O–H groups in total. The molecule has 0 fully saturated rings. The van der Waals surface area contributed by atoms with Gasteiger partial charge in [-0.2, -0.15) is 28.1 Å². The van der Waals surface area contributed by atoms with Crippen LogP contribution in [-0.4, -0.2) is 27.5 Å². The van der Waals surface area contributed by atoms with E-state index in [1.165, 1.54) is 0 Å². The molecular formula is C6H6F3N3S2. The second-order valence-electron chi connectivity index (χ2n) is 2.13. The van der Waals surface area contributed by atoms with Crippen LogP contribution in [0.3, 0.4) is 0 Å². The van der Waals surface area contributed by atoms with E-state index < -0.39 is 12.0 Å². The monoisotopic (exact) mass is 241 g/mol. The average Bonchev–Trinajstić information content (AvgIpc) is 2.15. The van der Waals surface area contributed by atoms with E-state index in [9.17, 15) is 13.2 Å². The Hall–Kier alpha value is -0.500. The molecule has 1 aromatic heterocycles. The van der Waals surface area contributed by atoms with E-state index in [0.717, 1.165) is 23.5 Å². The Morgan fingerprint density at radius 2 is 1.36 bits per heavy atom. The van der Waals surface area contributed by atoms with Gasteiger partial charge in [0.15, 0.2) is 10.3 Å². The lowest BCUT2D eigenvalue weighted by Crippen LogP contribution is -2.13. The fourth-order valence-corrected chi connectivity index (χ4v) is 1.42. The fraction of sp³-hybridized carbons (Fsp3) is 0.500. The summed E-state index contributed by atoms with van der Waals surface area (Å²) in [6.45, 7) is 0. The molecule has 14 heavy (non-hydrogen) atoms. The molecule has 1 heterocycles. The summed E-state index contributed by atoms with van der Waals surface area (Å²) >= 11 is 2.11. The summed E-state index contributed by atoms with van der Waals surface area (Å²) < 4.78 is 36.7. The minimum Gasteiger partial charge on any atom is -0.198 e. The van der Waals surface area contributed by atoms with E-state index >= 15 is 0 Å². The summed E-state index contributed by atoms with van der Waals surface area (Å²) in [5.74, 6) is -1.14. The van der Waals surface area contributed by atoms with Gasteiger partial charge in [-0.15, -0.1) is 0 Å². The van der Waals surface area contributed by atoms with Crippen LogP contribution >= 0.6 is 23.5 Å². The van der Waals surface area contributed by atoms with Gasteiger partial charge in [0.05, 0.1) is 0 Å². The third-order valence-electron chi connectivity index (χ3n) is 1.21. The number of aromatic nitrogens is 3. The van der Waals surface area contributed by atoms with Crippen molar-refractivity contribution in [3.63, 3.8) is 0 Å². The lowest BCUT2D eigenvalue weighted by Gasteiger charge is -2.06. The Morgan fingerprint density at radius 1 is 0.929 bits per heavy atom. The summed E-state index contributed by atoms with van der Waals surface area (Å²) in [5, 5.41) is 0.161.